The van der Waals surface area contributed by atoms with Crippen LogP contribution >= 0.6 is 11.9 Å². The van der Waals surface area contributed by atoms with Gasteiger partial charge in [0.15, 0.2) is 0 Å². The minimum Gasteiger partial charge on any atom is -0.400 e. The molecule has 2 fully saturated rings. The van der Waals surface area contributed by atoms with Crippen molar-refractivity contribution in [3.63, 3.8) is 0 Å². The monoisotopic (exact) mass is 529 g/mol. The van der Waals surface area contributed by atoms with Crippen molar-refractivity contribution in [3.8, 4) is 0 Å². The van der Waals surface area contributed by atoms with Gasteiger partial charge < -0.3 is 10.4 Å². The van der Waals surface area contributed by atoms with Crippen LogP contribution in [0.25, 0.3) is 0 Å². The molecule has 0 spiro atoms. The van der Waals surface area contributed by atoms with E-state index in [1.165, 1.54) is 18.6 Å². The number of carbonyl (C=O) groups is 2. The van der Waals surface area contributed by atoms with E-state index in [1.54, 1.807) is 29.0 Å². The zero-order chi connectivity index (χ0) is 26.8. The number of anilines is 1. The first kappa shape index (κ1) is 29.1. The molecule has 2 amide bonds. The molecule has 1 saturated heterocycles. The highest BCUT2D eigenvalue weighted by atomic mass is 32.2. The Kier molecular flexibility index (Phi) is 11.4. The summed E-state index contributed by atoms with van der Waals surface area (Å²) in [5.41, 5.74) is 2.11. The number of nitrogens with zero attached hydrogens (tertiary/aromatic N) is 2. The van der Waals surface area contributed by atoms with E-state index in [0.29, 0.717) is 5.69 Å². The molecule has 0 unspecified atom stereocenters. The van der Waals surface area contributed by atoms with Crippen LogP contribution in [0.4, 0.5) is 10.1 Å². The van der Waals surface area contributed by atoms with Gasteiger partial charge in [0.25, 0.3) is 0 Å². The number of carbonyl (C=O) groups excluding carboxylic acids is 2. The summed E-state index contributed by atoms with van der Waals surface area (Å²) in [5, 5.41) is 10.2. The lowest BCUT2D eigenvalue weighted by atomic mass is 9.93. The molecule has 2 aromatic rings. The van der Waals surface area contributed by atoms with Gasteiger partial charge in [0, 0.05) is 25.4 Å². The number of hydrogen-bond acceptors (Lipinski definition) is 5. The van der Waals surface area contributed by atoms with E-state index in [0.717, 1.165) is 69.7 Å². The maximum absolute atomic E-state index is 14.4. The Labute approximate surface area is 224 Å². The first-order chi connectivity index (χ1) is 18.0. The summed E-state index contributed by atoms with van der Waals surface area (Å²) in [6.45, 7) is 2.77. The zero-order valence-electron chi connectivity index (χ0n) is 22.2. The Hall–Kier alpha value is -2.42. The van der Waals surface area contributed by atoms with Crippen LogP contribution < -0.4 is 10.2 Å². The molecule has 1 aliphatic carbocycles. The van der Waals surface area contributed by atoms with E-state index in [9.17, 15) is 14.0 Å². The van der Waals surface area contributed by atoms with Crippen molar-refractivity contribution in [2.75, 3.05) is 24.8 Å². The van der Waals surface area contributed by atoms with Crippen LogP contribution in [0, 0.1) is 12.7 Å². The number of aliphatic hydroxyl groups is 1. The average molecular weight is 530 g/mol. The van der Waals surface area contributed by atoms with E-state index < -0.39 is 11.9 Å². The second-order valence-corrected chi connectivity index (χ2v) is 10.5. The van der Waals surface area contributed by atoms with Crippen LogP contribution in [-0.4, -0.2) is 53.2 Å². The molecule has 2 N–H and O–H groups in total. The predicted molar refractivity (Wildman–Crippen MR) is 149 cm³/mol. The van der Waals surface area contributed by atoms with Crippen molar-refractivity contribution in [3.05, 3.63) is 65.5 Å². The fourth-order valence-corrected chi connectivity index (χ4v) is 6.14. The quantitative estimate of drug-likeness (QED) is 0.470. The molecule has 4 rings (SSSR count). The first-order valence-electron chi connectivity index (χ1n) is 13.2. The van der Waals surface area contributed by atoms with Crippen LogP contribution in [0.15, 0.2) is 48.5 Å². The van der Waals surface area contributed by atoms with Gasteiger partial charge >= 0.3 is 0 Å². The third-order valence-corrected chi connectivity index (χ3v) is 8.14. The summed E-state index contributed by atoms with van der Waals surface area (Å²) < 4.78 is 16.5. The van der Waals surface area contributed by atoms with Crippen molar-refractivity contribution >= 4 is 29.4 Å². The maximum Gasteiger partial charge on any atom is 0.248 e. The van der Waals surface area contributed by atoms with Crippen LogP contribution in [0.3, 0.4) is 0 Å². The number of benzene rings is 2. The third kappa shape index (κ3) is 7.33. The van der Waals surface area contributed by atoms with E-state index in [1.807, 2.05) is 37.4 Å². The number of rotatable bonds is 7. The van der Waals surface area contributed by atoms with Gasteiger partial charge in [-0.15, -0.1) is 0 Å². The van der Waals surface area contributed by atoms with Gasteiger partial charge in [-0.05, 0) is 68.2 Å². The minimum atomic E-state index is -0.877. The van der Waals surface area contributed by atoms with E-state index in [-0.39, 0.29) is 23.9 Å². The lowest BCUT2D eigenvalue weighted by molar-refractivity contribution is -0.129. The molecule has 6 nitrogen and oxygen atoms in total. The highest BCUT2D eigenvalue weighted by Gasteiger charge is 2.40. The van der Waals surface area contributed by atoms with Gasteiger partial charge in [-0.3, -0.25) is 14.5 Å². The Morgan fingerprint density at radius 1 is 1.03 bits per heavy atom. The number of hydrogen-bond donors (Lipinski definition) is 2. The van der Waals surface area contributed by atoms with Crippen LogP contribution in [-0.2, 0) is 9.59 Å². The summed E-state index contributed by atoms with van der Waals surface area (Å²) in [7, 11) is 1.00. The number of halogens is 1. The molecule has 8 heteroatoms. The molecule has 37 heavy (non-hydrogen) atoms. The fourth-order valence-electron chi connectivity index (χ4n) is 5.38. The van der Waals surface area contributed by atoms with Crippen molar-refractivity contribution < 1.29 is 19.1 Å². The van der Waals surface area contributed by atoms with Gasteiger partial charge in [0.05, 0.1) is 6.04 Å². The molecule has 0 bridgehead atoms. The summed E-state index contributed by atoms with van der Waals surface area (Å²) in [5.74, 6) is -0.783. The van der Waals surface area contributed by atoms with Crippen molar-refractivity contribution in [1.82, 2.24) is 9.62 Å². The molecular formula is C29H40FN3O3S. The van der Waals surface area contributed by atoms with Crippen molar-refractivity contribution in [2.24, 2.45) is 0 Å². The summed E-state index contributed by atoms with van der Waals surface area (Å²) in [6, 6.07) is 12.6. The molecule has 2 atom stereocenters. The van der Waals surface area contributed by atoms with Crippen LogP contribution in [0.1, 0.15) is 68.5 Å². The fraction of sp³-hybridized carbons (Fsp3) is 0.517. The molecule has 202 valence electrons. The first-order valence-corrected chi connectivity index (χ1v) is 14.4. The molecule has 0 aromatic heterocycles. The second-order valence-electron chi connectivity index (χ2n) is 9.63. The SMILES string of the molecule is CO.CSN1CCCC[C@@H]1C(=O)N(c1cccc(F)c1)[C@H](C(=O)NC1CCCCC1)c1ccccc1C. The number of aliphatic hydroxyl groups excluding tert-OH is 1. The Morgan fingerprint density at radius 3 is 2.41 bits per heavy atom. The Bertz CT molecular complexity index is 1030. The highest BCUT2D eigenvalue weighted by molar-refractivity contribution is 7.96. The summed E-state index contributed by atoms with van der Waals surface area (Å²) in [6.07, 6.45) is 9.96. The second kappa shape index (κ2) is 14.5. The van der Waals surface area contributed by atoms with Crippen LogP contribution in [0.2, 0.25) is 0 Å². The predicted octanol–water partition coefficient (Wildman–Crippen LogP) is 5.40. The molecule has 1 heterocycles. The minimum absolute atomic E-state index is 0.101. The smallest absolute Gasteiger partial charge is 0.248 e. The van der Waals surface area contributed by atoms with E-state index in [2.05, 4.69) is 9.62 Å². The molecule has 1 aliphatic heterocycles. The molecule has 1 saturated carbocycles. The van der Waals surface area contributed by atoms with E-state index in [4.69, 9.17) is 5.11 Å². The van der Waals surface area contributed by atoms with Gasteiger partial charge in [0.1, 0.15) is 11.9 Å². The number of nitrogens with one attached hydrogen (secondary N) is 1. The average Bonchev–Trinajstić information content (AvgIpc) is 2.93. The summed E-state index contributed by atoms with van der Waals surface area (Å²) in [4.78, 5) is 29.8. The maximum atomic E-state index is 14.4. The molecule has 2 aliphatic rings. The number of aryl methyl sites for hydroxylation is 1. The Balaban J connectivity index is 0.00000186. The van der Waals surface area contributed by atoms with Gasteiger partial charge in [-0.1, -0.05) is 68.0 Å². The third-order valence-electron chi connectivity index (χ3n) is 7.24. The van der Waals surface area contributed by atoms with Crippen LogP contribution in [0.5, 0.6) is 0 Å². The topological polar surface area (TPSA) is 72.9 Å². The lowest BCUT2D eigenvalue weighted by Crippen LogP contribution is -2.53. The van der Waals surface area contributed by atoms with Gasteiger partial charge in [-0.2, -0.15) is 0 Å². The standard InChI is InChI=1S/C28H36FN3O2S.CH4O/c1-20-11-6-7-16-24(20)26(27(33)30-22-13-4-3-5-14-22)32(23-15-10-12-21(29)19-23)28(34)25-17-8-9-18-31(25)35-2;1-2/h6-7,10-12,15-16,19,22,25-26H,3-5,8-9,13-14,17-18H2,1-2H3,(H,30,33);2H,1H3/t25-,26+;/m1./s1. The number of piperidine rings is 1. The number of amides is 2. The van der Waals surface area contributed by atoms with Gasteiger partial charge in [-0.25, -0.2) is 8.70 Å². The molecule has 0 radical (unpaired) electrons. The largest absolute Gasteiger partial charge is 0.400 e. The van der Waals surface area contributed by atoms with Crippen molar-refractivity contribution in [1.29, 1.82) is 0 Å². The van der Waals surface area contributed by atoms with Gasteiger partial charge in [0.2, 0.25) is 11.8 Å². The lowest BCUT2D eigenvalue weighted by Gasteiger charge is -2.39. The normalized spacial score (nSPS) is 19.3. The van der Waals surface area contributed by atoms with E-state index >= 15 is 0 Å². The molecule has 2 aromatic carbocycles. The zero-order valence-corrected chi connectivity index (χ0v) is 23.0. The summed E-state index contributed by atoms with van der Waals surface area (Å²) >= 11 is 1.56. The highest BCUT2D eigenvalue weighted by Crippen LogP contribution is 2.34. The Morgan fingerprint density at radius 2 is 1.73 bits per heavy atom. The molecular weight excluding hydrogens is 489 g/mol. The van der Waals surface area contributed by atoms with Crippen molar-refractivity contribution in [2.45, 2.75) is 76.4 Å².